The van der Waals surface area contributed by atoms with Gasteiger partial charge in [-0.2, -0.15) is 0 Å². The Morgan fingerprint density at radius 1 is 1.00 bits per heavy atom. The Hall–Kier alpha value is -2.33. The van der Waals surface area contributed by atoms with E-state index >= 15 is 0 Å². The van der Waals surface area contributed by atoms with Crippen molar-refractivity contribution in [1.29, 1.82) is 0 Å². The van der Waals surface area contributed by atoms with E-state index in [0.29, 0.717) is 17.8 Å². The number of carbonyl (C=O) groups excluding carboxylic acids is 1. The number of hydrogen-bond donors (Lipinski definition) is 3. The second-order valence-electron chi connectivity index (χ2n) is 9.12. The summed E-state index contributed by atoms with van der Waals surface area (Å²) < 4.78 is 0. The van der Waals surface area contributed by atoms with Crippen LogP contribution in [0.25, 0.3) is 21.8 Å². The largest absolute Gasteiger partial charge is 0.390 e. The van der Waals surface area contributed by atoms with Gasteiger partial charge in [-0.3, -0.25) is 4.79 Å². The molecule has 1 aromatic heterocycles. The Kier molecular flexibility index (Phi) is 3.11. The highest BCUT2D eigenvalue weighted by Gasteiger charge is 2.55. The van der Waals surface area contributed by atoms with Gasteiger partial charge in [0, 0.05) is 33.4 Å². The summed E-state index contributed by atoms with van der Waals surface area (Å²) in [6.45, 7) is 0. The zero-order valence-electron chi connectivity index (χ0n) is 15.2. The molecule has 2 aromatic carbocycles. The first-order valence-corrected chi connectivity index (χ1v) is 10.1. The number of fused-ring (bicyclic) bond motifs is 3. The van der Waals surface area contributed by atoms with Gasteiger partial charge in [0.25, 0.3) is 5.91 Å². The molecular formula is C23H24N2O2. The van der Waals surface area contributed by atoms with Crippen LogP contribution >= 0.6 is 0 Å². The molecule has 4 aliphatic rings. The van der Waals surface area contributed by atoms with Crippen LogP contribution in [0.2, 0.25) is 0 Å². The van der Waals surface area contributed by atoms with Crippen molar-refractivity contribution in [1.82, 2.24) is 10.3 Å². The number of aliphatic hydroxyl groups is 1. The molecule has 4 heteroatoms. The Morgan fingerprint density at radius 3 is 2.52 bits per heavy atom. The lowest BCUT2D eigenvalue weighted by molar-refractivity contribution is -0.136. The van der Waals surface area contributed by atoms with Crippen molar-refractivity contribution in [2.24, 2.45) is 17.8 Å². The third kappa shape index (κ3) is 2.36. The molecule has 4 bridgehead atoms. The molecule has 4 aliphatic carbocycles. The van der Waals surface area contributed by atoms with E-state index in [4.69, 9.17) is 0 Å². The molecule has 27 heavy (non-hydrogen) atoms. The number of H-pyrrole nitrogens is 1. The molecule has 2 atom stereocenters. The van der Waals surface area contributed by atoms with E-state index in [2.05, 4.69) is 22.4 Å². The monoisotopic (exact) mass is 360 g/mol. The number of benzene rings is 2. The molecule has 138 valence electrons. The first-order chi connectivity index (χ1) is 13.1. The van der Waals surface area contributed by atoms with E-state index in [1.807, 2.05) is 30.3 Å². The van der Waals surface area contributed by atoms with E-state index in [1.54, 1.807) is 0 Å². The zero-order valence-corrected chi connectivity index (χ0v) is 15.2. The third-order valence-electron chi connectivity index (χ3n) is 7.31. The number of para-hydroxylation sites is 1. The zero-order chi connectivity index (χ0) is 18.2. The SMILES string of the molecule is O=C(NC1C2CC3CC1CC(O)(C3)C2)c1ccc2[nH]c3ccccc3c2c1. The van der Waals surface area contributed by atoms with E-state index in [0.717, 1.165) is 59.5 Å². The first kappa shape index (κ1) is 15.7. The molecular weight excluding hydrogens is 336 g/mol. The molecule has 7 rings (SSSR count). The van der Waals surface area contributed by atoms with Crippen molar-refractivity contribution in [2.75, 3.05) is 0 Å². The average Bonchev–Trinajstić information content (AvgIpc) is 3.01. The predicted octanol–water partition coefficient (Wildman–Crippen LogP) is 3.99. The Labute approximate surface area is 158 Å². The summed E-state index contributed by atoms with van der Waals surface area (Å²) >= 11 is 0. The van der Waals surface area contributed by atoms with Gasteiger partial charge in [0.05, 0.1) is 5.60 Å². The fourth-order valence-corrected chi connectivity index (χ4v) is 6.44. The first-order valence-electron chi connectivity index (χ1n) is 10.1. The van der Waals surface area contributed by atoms with E-state index in [-0.39, 0.29) is 11.9 Å². The molecule has 4 fully saturated rings. The summed E-state index contributed by atoms with van der Waals surface area (Å²) in [7, 11) is 0. The maximum atomic E-state index is 13.0. The number of nitrogens with one attached hydrogen (secondary N) is 2. The van der Waals surface area contributed by atoms with Crippen molar-refractivity contribution < 1.29 is 9.90 Å². The van der Waals surface area contributed by atoms with Gasteiger partial charge < -0.3 is 15.4 Å². The minimum Gasteiger partial charge on any atom is -0.390 e. The summed E-state index contributed by atoms with van der Waals surface area (Å²) in [5.41, 5.74) is 2.42. The number of carbonyl (C=O) groups is 1. The Bertz CT molecular complexity index is 1050. The summed E-state index contributed by atoms with van der Waals surface area (Å²) in [6, 6.07) is 14.3. The number of aromatic nitrogens is 1. The highest BCUT2D eigenvalue weighted by Crippen LogP contribution is 2.55. The molecule has 2 unspecified atom stereocenters. The molecule has 3 N–H and O–H groups in total. The summed E-state index contributed by atoms with van der Waals surface area (Å²) in [5.74, 6) is 1.54. The summed E-state index contributed by atoms with van der Waals surface area (Å²) in [6.07, 6.45) is 4.99. The van der Waals surface area contributed by atoms with Gasteiger partial charge in [-0.25, -0.2) is 0 Å². The van der Waals surface area contributed by atoms with Gasteiger partial charge in [0.15, 0.2) is 0 Å². The van der Waals surface area contributed by atoms with E-state index < -0.39 is 5.60 Å². The van der Waals surface area contributed by atoms with Crippen LogP contribution in [-0.4, -0.2) is 27.6 Å². The average molecular weight is 360 g/mol. The molecule has 0 spiro atoms. The second-order valence-corrected chi connectivity index (χ2v) is 9.12. The molecule has 3 aromatic rings. The molecule has 4 saturated carbocycles. The van der Waals surface area contributed by atoms with Crippen LogP contribution in [0, 0.1) is 17.8 Å². The molecule has 4 nitrogen and oxygen atoms in total. The molecule has 0 aliphatic heterocycles. The molecule has 0 saturated heterocycles. The van der Waals surface area contributed by atoms with Crippen LogP contribution in [0.5, 0.6) is 0 Å². The van der Waals surface area contributed by atoms with Crippen LogP contribution in [0.15, 0.2) is 42.5 Å². The normalized spacial score (nSPS) is 34.4. The van der Waals surface area contributed by atoms with E-state index in [9.17, 15) is 9.90 Å². The van der Waals surface area contributed by atoms with Crippen molar-refractivity contribution in [3.8, 4) is 0 Å². The fourth-order valence-electron chi connectivity index (χ4n) is 6.44. The molecule has 1 heterocycles. The number of aromatic amines is 1. The van der Waals surface area contributed by atoms with Gasteiger partial charge in [0.1, 0.15) is 0 Å². The van der Waals surface area contributed by atoms with Crippen LogP contribution in [0.3, 0.4) is 0 Å². The fraction of sp³-hybridized carbons (Fsp3) is 0.435. The smallest absolute Gasteiger partial charge is 0.251 e. The summed E-state index contributed by atoms with van der Waals surface area (Å²) in [4.78, 5) is 16.4. The Balaban J connectivity index is 1.30. The van der Waals surface area contributed by atoms with Gasteiger partial charge in [-0.1, -0.05) is 18.2 Å². The molecule has 0 radical (unpaired) electrons. The maximum Gasteiger partial charge on any atom is 0.251 e. The lowest BCUT2D eigenvalue weighted by atomic mass is 9.52. The topological polar surface area (TPSA) is 65.1 Å². The third-order valence-corrected chi connectivity index (χ3v) is 7.31. The minimum absolute atomic E-state index is 0.0200. The van der Waals surface area contributed by atoms with Crippen molar-refractivity contribution in [3.63, 3.8) is 0 Å². The van der Waals surface area contributed by atoms with Gasteiger partial charge in [-0.05, 0) is 74.1 Å². The lowest BCUT2D eigenvalue weighted by Crippen LogP contribution is -2.61. The number of amides is 1. The Morgan fingerprint density at radius 2 is 1.74 bits per heavy atom. The standard InChI is InChI=1S/C23H24N2O2/c26-22(25-21-15-7-13-8-16(21)12-23(27,10-13)11-15)14-5-6-20-18(9-14)17-3-1-2-4-19(17)24-20/h1-6,9,13,15-16,21,24,27H,7-8,10-12H2,(H,25,26). The van der Waals surface area contributed by atoms with Crippen LogP contribution in [0.1, 0.15) is 42.5 Å². The highest BCUT2D eigenvalue weighted by atomic mass is 16.3. The van der Waals surface area contributed by atoms with Gasteiger partial charge in [0.2, 0.25) is 0 Å². The maximum absolute atomic E-state index is 13.0. The lowest BCUT2D eigenvalue weighted by Gasteiger charge is -2.58. The number of rotatable bonds is 2. The predicted molar refractivity (Wildman–Crippen MR) is 106 cm³/mol. The van der Waals surface area contributed by atoms with E-state index in [1.165, 1.54) is 0 Å². The van der Waals surface area contributed by atoms with Crippen molar-refractivity contribution in [2.45, 2.75) is 43.7 Å². The van der Waals surface area contributed by atoms with Crippen LogP contribution < -0.4 is 5.32 Å². The van der Waals surface area contributed by atoms with Crippen LogP contribution in [0.4, 0.5) is 0 Å². The van der Waals surface area contributed by atoms with Gasteiger partial charge >= 0.3 is 0 Å². The highest BCUT2D eigenvalue weighted by molar-refractivity contribution is 6.10. The summed E-state index contributed by atoms with van der Waals surface area (Å²) in [5, 5.41) is 16.3. The van der Waals surface area contributed by atoms with Crippen molar-refractivity contribution >= 4 is 27.7 Å². The molecule has 1 amide bonds. The van der Waals surface area contributed by atoms with Crippen LogP contribution in [-0.2, 0) is 0 Å². The minimum atomic E-state index is -0.458. The quantitative estimate of drug-likeness (QED) is 0.647. The number of hydrogen-bond acceptors (Lipinski definition) is 2. The van der Waals surface area contributed by atoms with Gasteiger partial charge in [-0.15, -0.1) is 0 Å². The second kappa shape index (κ2) is 5.35. The van der Waals surface area contributed by atoms with Crippen molar-refractivity contribution in [3.05, 3.63) is 48.0 Å².